The molecule has 6 heteroatoms. The van der Waals surface area contributed by atoms with E-state index in [4.69, 9.17) is 9.73 Å². The molecule has 0 saturated carbocycles. The summed E-state index contributed by atoms with van der Waals surface area (Å²) < 4.78 is 5.43. The van der Waals surface area contributed by atoms with Crippen LogP contribution in [0.1, 0.15) is 24.5 Å². The number of anilines is 1. The lowest BCUT2D eigenvalue weighted by atomic mass is 10.1. The summed E-state index contributed by atoms with van der Waals surface area (Å²) >= 11 is 0. The number of hydrogen-bond donors (Lipinski definition) is 2. The summed E-state index contributed by atoms with van der Waals surface area (Å²) in [6, 6.07) is 17.1. The topological polar surface area (TPSA) is 48.9 Å². The number of nitrogens with one attached hydrogen (secondary N) is 2. The zero-order valence-electron chi connectivity index (χ0n) is 18.4. The zero-order chi connectivity index (χ0) is 20.5. The van der Waals surface area contributed by atoms with Crippen LogP contribution >= 0.6 is 24.0 Å². The van der Waals surface area contributed by atoms with Crippen molar-refractivity contribution in [1.29, 1.82) is 0 Å². The first-order chi connectivity index (χ1) is 14.2. The monoisotopic (exact) mass is 522 g/mol. The van der Waals surface area contributed by atoms with Crippen molar-refractivity contribution in [2.45, 2.75) is 26.7 Å². The van der Waals surface area contributed by atoms with Crippen LogP contribution in [0.2, 0.25) is 0 Å². The summed E-state index contributed by atoms with van der Waals surface area (Å²) in [5, 5.41) is 6.84. The van der Waals surface area contributed by atoms with Crippen molar-refractivity contribution in [3.8, 4) is 5.75 Å². The molecule has 1 aliphatic rings. The van der Waals surface area contributed by atoms with Gasteiger partial charge in [-0.2, -0.15) is 0 Å². The highest BCUT2D eigenvalue weighted by molar-refractivity contribution is 14.0. The van der Waals surface area contributed by atoms with Crippen LogP contribution in [0, 0.1) is 12.8 Å². The molecule has 0 aliphatic carbocycles. The fourth-order valence-corrected chi connectivity index (χ4v) is 3.76. The van der Waals surface area contributed by atoms with Gasteiger partial charge in [-0.1, -0.05) is 30.3 Å². The van der Waals surface area contributed by atoms with E-state index in [9.17, 15) is 0 Å². The van der Waals surface area contributed by atoms with Crippen LogP contribution in [-0.4, -0.2) is 45.8 Å². The Morgan fingerprint density at radius 3 is 2.70 bits per heavy atom. The van der Waals surface area contributed by atoms with Crippen molar-refractivity contribution in [3.63, 3.8) is 0 Å². The molecular formula is C24H35IN4O. The Morgan fingerprint density at radius 1 is 1.17 bits per heavy atom. The van der Waals surface area contributed by atoms with Crippen LogP contribution in [0.3, 0.4) is 0 Å². The molecule has 2 aromatic rings. The van der Waals surface area contributed by atoms with Crippen LogP contribution < -0.4 is 20.3 Å². The van der Waals surface area contributed by atoms with Crippen molar-refractivity contribution in [2.75, 3.05) is 44.7 Å². The minimum atomic E-state index is 0. The predicted octanol–water partition coefficient (Wildman–Crippen LogP) is 4.25. The molecule has 0 bridgehead atoms. The number of halogens is 1. The number of para-hydroxylation sites is 1. The van der Waals surface area contributed by atoms with Gasteiger partial charge in [-0.25, -0.2) is 0 Å². The Kier molecular flexibility index (Phi) is 10.3. The molecule has 164 valence electrons. The number of nitrogens with zero attached hydrogens (tertiary/aromatic N) is 2. The van der Waals surface area contributed by atoms with Gasteiger partial charge in [-0.15, -0.1) is 24.0 Å². The van der Waals surface area contributed by atoms with Gasteiger partial charge >= 0.3 is 0 Å². The maximum atomic E-state index is 5.43. The highest BCUT2D eigenvalue weighted by Crippen LogP contribution is 2.23. The summed E-state index contributed by atoms with van der Waals surface area (Å²) in [5.74, 6) is 2.46. The Hall–Kier alpha value is -1.96. The van der Waals surface area contributed by atoms with E-state index in [1.165, 1.54) is 23.2 Å². The third-order valence-corrected chi connectivity index (χ3v) is 5.44. The highest BCUT2D eigenvalue weighted by Gasteiger charge is 2.22. The van der Waals surface area contributed by atoms with E-state index in [-0.39, 0.29) is 24.0 Å². The van der Waals surface area contributed by atoms with Gasteiger partial charge < -0.3 is 20.3 Å². The van der Waals surface area contributed by atoms with E-state index in [1.54, 1.807) is 7.11 Å². The van der Waals surface area contributed by atoms with E-state index in [2.05, 4.69) is 77.9 Å². The molecule has 3 rings (SSSR count). The van der Waals surface area contributed by atoms with Crippen molar-refractivity contribution in [2.24, 2.45) is 10.9 Å². The SMILES string of the molecule is CCNC(=NCC1CCN(c2ccccc2)C1)NCCc1ccc(C)c(OC)c1.I. The number of benzene rings is 2. The number of methoxy groups -OCH3 is 1. The molecule has 1 saturated heterocycles. The normalized spacial score (nSPS) is 16.2. The maximum absolute atomic E-state index is 5.43. The van der Waals surface area contributed by atoms with Crippen LogP contribution in [0.5, 0.6) is 5.75 Å². The minimum absolute atomic E-state index is 0. The molecule has 5 nitrogen and oxygen atoms in total. The molecular weight excluding hydrogens is 487 g/mol. The molecule has 1 fully saturated rings. The Labute approximate surface area is 198 Å². The zero-order valence-corrected chi connectivity index (χ0v) is 20.7. The van der Waals surface area contributed by atoms with Crippen molar-refractivity contribution < 1.29 is 4.74 Å². The first kappa shape index (κ1) is 24.3. The van der Waals surface area contributed by atoms with E-state index in [1.807, 2.05) is 0 Å². The van der Waals surface area contributed by atoms with Crippen LogP contribution in [-0.2, 0) is 6.42 Å². The number of aliphatic imine (C=N–C) groups is 1. The Bertz CT molecular complexity index is 797. The predicted molar refractivity (Wildman–Crippen MR) is 138 cm³/mol. The van der Waals surface area contributed by atoms with E-state index in [0.717, 1.165) is 50.9 Å². The second-order valence-electron chi connectivity index (χ2n) is 7.64. The Balaban J connectivity index is 0.00000320. The lowest BCUT2D eigenvalue weighted by Gasteiger charge is -2.18. The van der Waals surface area contributed by atoms with Crippen molar-refractivity contribution in [3.05, 3.63) is 59.7 Å². The van der Waals surface area contributed by atoms with Gasteiger partial charge in [0.05, 0.1) is 7.11 Å². The number of ether oxygens (including phenoxy) is 1. The summed E-state index contributed by atoms with van der Waals surface area (Å²) in [7, 11) is 1.72. The number of hydrogen-bond acceptors (Lipinski definition) is 3. The first-order valence-corrected chi connectivity index (χ1v) is 10.6. The molecule has 1 heterocycles. The largest absolute Gasteiger partial charge is 0.496 e. The molecule has 2 N–H and O–H groups in total. The van der Waals surface area contributed by atoms with E-state index < -0.39 is 0 Å². The fraction of sp³-hybridized carbons (Fsp3) is 0.458. The molecule has 1 atom stereocenters. The average Bonchev–Trinajstić information content (AvgIpc) is 3.23. The van der Waals surface area contributed by atoms with Crippen molar-refractivity contribution >= 4 is 35.6 Å². The summed E-state index contributed by atoms with van der Waals surface area (Å²) in [6.07, 6.45) is 2.13. The van der Waals surface area contributed by atoms with Gasteiger partial charge in [-0.05, 0) is 61.9 Å². The molecule has 0 spiro atoms. The summed E-state index contributed by atoms with van der Waals surface area (Å²) in [5.41, 5.74) is 3.75. The highest BCUT2D eigenvalue weighted by atomic mass is 127. The van der Waals surface area contributed by atoms with E-state index in [0.29, 0.717) is 5.92 Å². The number of aryl methyl sites for hydroxylation is 1. The van der Waals surface area contributed by atoms with Gasteiger partial charge in [0.15, 0.2) is 5.96 Å². The van der Waals surface area contributed by atoms with Gasteiger partial charge in [0.1, 0.15) is 5.75 Å². The smallest absolute Gasteiger partial charge is 0.191 e. The molecule has 30 heavy (non-hydrogen) atoms. The molecule has 0 aromatic heterocycles. The average molecular weight is 522 g/mol. The number of rotatable bonds is 8. The molecule has 1 unspecified atom stereocenters. The summed E-state index contributed by atoms with van der Waals surface area (Å²) in [6.45, 7) is 8.94. The lowest BCUT2D eigenvalue weighted by Crippen LogP contribution is -2.38. The Morgan fingerprint density at radius 2 is 1.97 bits per heavy atom. The second-order valence-corrected chi connectivity index (χ2v) is 7.64. The summed E-state index contributed by atoms with van der Waals surface area (Å²) in [4.78, 5) is 7.31. The van der Waals surface area contributed by atoms with Gasteiger partial charge in [-0.3, -0.25) is 4.99 Å². The quantitative estimate of drug-likeness (QED) is 0.309. The third kappa shape index (κ3) is 7.07. The van der Waals surface area contributed by atoms with Gasteiger partial charge in [0.2, 0.25) is 0 Å². The van der Waals surface area contributed by atoms with E-state index >= 15 is 0 Å². The molecule has 2 aromatic carbocycles. The first-order valence-electron chi connectivity index (χ1n) is 10.6. The minimum Gasteiger partial charge on any atom is -0.496 e. The maximum Gasteiger partial charge on any atom is 0.191 e. The van der Waals surface area contributed by atoms with Crippen LogP contribution in [0.4, 0.5) is 5.69 Å². The third-order valence-electron chi connectivity index (χ3n) is 5.44. The van der Waals surface area contributed by atoms with Crippen molar-refractivity contribution in [1.82, 2.24) is 10.6 Å². The van der Waals surface area contributed by atoms with Gasteiger partial charge in [0, 0.05) is 38.4 Å². The standard InChI is InChI=1S/C24H34N4O.HI/c1-4-25-24(26-14-12-20-11-10-19(2)23(16-20)29-3)27-17-21-13-15-28(18-21)22-8-6-5-7-9-22;/h5-11,16,21H,4,12-15,17-18H2,1-3H3,(H2,25,26,27);1H. The van der Waals surface area contributed by atoms with Gasteiger partial charge in [0.25, 0.3) is 0 Å². The molecule has 0 amide bonds. The lowest BCUT2D eigenvalue weighted by molar-refractivity contribution is 0.411. The van der Waals surface area contributed by atoms with Crippen LogP contribution in [0.25, 0.3) is 0 Å². The number of guanidine groups is 1. The molecule has 0 radical (unpaired) electrons. The van der Waals surface area contributed by atoms with Crippen LogP contribution in [0.15, 0.2) is 53.5 Å². The molecule has 1 aliphatic heterocycles. The second kappa shape index (κ2) is 12.7. The fourth-order valence-electron chi connectivity index (χ4n) is 3.76.